The van der Waals surface area contributed by atoms with Gasteiger partial charge in [0.05, 0.1) is 9.92 Å². The third-order valence-electron chi connectivity index (χ3n) is 3.94. The molecular formula is C16H21ClN2O2S. The molecule has 2 N–H and O–H groups in total. The van der Waals surface area contributed by atoms with Gasteiger partial charge < -0.3 is 10.3 Å². The van der Waals surface area contributed by atoms with Gasteiger partial charge in [0.1, 0.15) is 10.7 Å². The highest BCUT2D eigenvalue weighted by Gasteiger charge is 2.29. The SMILES string of the molecule is CCCCn1c(C)c(C)c(S(=O)(=O)c2ccccc2Cl)c1N. The first kappa shape index (κ1) is 16.9. The van der Waals surface area contributed by atoms with Crippen molar-refractivity contribution in [1.29, 1.82) is 0 Å². The molecule has 0 amide bonds. The molecule has 0 atom stereocenters. The van der Waals surface area contributed by atoms with Crippen molar-refractivity contribution < 1.29 is 8.42 Å². The lowest BCUT2D eigenvalue weighted by Crippen LogP contribution is -2.09. The third-order valence-corrected chi connectivity index (χ3v) is 6.37. The first-order chi connectivity index (χ1) is 10.3. The minimum absolute atomic E-state index is 0.0964. The van der Waals surface area contributed by atoms with Crippen LogP contribution >= 0.6 is 11.6 Å². The van der Waals surface area contributed by atoms with Crippen molar-refractivity contribution in [3.63, 3.8) is 0 Å². The smallest absolute Gasteiger partial charge is 0.211 e. The summed E-state index contributed by atoms with van der Waals surface area (Å²) in [5, 5.41) is 0.209. The molecule has 1 heterocycles. The number of nitrogen functional groups attached to an aromatic ring is 1. The lowest BCUT2D eigenvalue weighted by molar-refractivity contribution is 0.595. The highest BCUT2D eigenvalue weighted by molar-refractivity contribution is 7.91. The van der Waals surface area contributed by atoms with Crippen molar-refractivity contribution in [2.75, 3.05) is 5.73 Å². The molecule has 0 spiro atoms. The normalized spacial score (nSPS) is 11.8. The lowest BCUT2D eigenvalue weighted by Gasteiger charge is -2.09. The second-order valence-electron chi connectivity index (χ2n) is 5.36. The summed E-state index contributed by atoms with van der Waals surface area (Å²) in [7, 11) is -3.74. The quantitative estimate of drug-likeness (QED) is 0.895. The number of unbranched alkanes of at least 4 members (excludes halogenated alkanes) is 1. The van der Waals surface area contributed by atoms with E-state index in [9.17, 15) is 8.42 Å². The Morgan fingerprint density at radius 1 is 1.23 bits per heavy atom. The number of sulfone groups is 1. The molecule has 6 heteroatoms. The average molecular weight is 341 g/mol. The van der Waals surface area contributed by atoms with Gasteiger partial charge in [0.2, 0.25) is 9.84 Å². The minimum atomic E-state index is -3.74. The Labute approximate surface area is 136 Å². The fourth-order valence-electron chi connectivity index (χ4n) is 2.58. The maximum atomic E-state index is 13.0. The number of benzene rings is 1. The van der Waals surface area contributed by atoms with Gasteiger partial charge in [-0.15, -0.1) is 0 Å². The van der Waals surface area contributed by atoms with Crippen LogP contribution in [0.15, 0.2) is 34.1 Å². The molecule has 4 nitrogen and oxygen atoms in total. The van der Waals surface area contributed by atoms with Gasteiger partial charge in [0, 0.05) is 12.2 Å². The fraction of sp³-hybridized carbons (Fsp3) is 0.375. The van der Waals surface area contributed by atoms with Crippen LogP contribution in [0.2, 0.25) is 5.02 Å². The van der Waals surface area contributed by atoms with Gasteiger partial charge in [-0.2, -0.15) is 0 Å². The number of hydrogen-bond acceptors (Lipinski definition) is 3. The molecule has 0 saturated heterocycles. The zero-order chi connectivity index (χ0) is 16.5. The zero-order valence-corrected chi connectivity index (χ0v) is 14.6. The van der Waals surface area contributed by atoms with Crippen molar-refractivity contribution in [3.8, 4) is 0 Å². The van der Waals surface area contributed by atoms with E-state index in [-0.39, 0.29) is 14.8 Å². The molecule has 1 aromatic heterocycles. The van der Waals surface area contributed by atoms with Crippen molar-refractivity contribution in [2.24, 2.45) is 0 Å². The number of aromatic nitrogens is 1. The number of anilines is 1. The molecule has 0 fully saturated rings. The van der Waals surface area contributed by atoms with Gasteiger partial charge in [-0.05, 0) is 38.0 Å². The molecule has 0 saturated carbocycles. The van der Waals surface area contributed by atoms with Gasteiger partial charge in [-0.25, -0.2) is 8.42 Å². The van der Waals surface area contributed by atoms with Crippen LogP contribution in [-0.2, 0) is 16.4 Å². The first-order valence-corrected chi connectivity index (χ1v) is 9.13. The van der Waals surface area contributed by atoms with E-state index in [4.69, 9.17) is 17.3 Å². The Bertz CT molecular complexity index is 795. The van der Waals surface area contributed by atoms with Crippen LogP contribution in [0.25, 0.3) is 0 Å². The van der Waals surface area contributed by atoms with Gasteiger partial charge in [-0.3, -0.25) is 0 Å². The van der Waals surface area contributed by atoms with E-state index in [2.05, 4.69) is 6.92 Å². The van der Waals surface area contributed by atoms with E-state index >= 15 is 0 Å². The van der Waals surface area contributed by atoms with Crippen LogP contribution in [0.3, 0.4) is 0 Å². The largest absolute Gasteiger partial charge is 0.384 e. The molecule has 22 heavy (non-hydrogen) atoms. The number of nitrogens with zero attached hydrogens (tertiary/aromatic N) is 1. The Morgan fingerprint density at radius 2 is 1.86 bits per heavy atom. The summed E-state index contributed by atoms with van der Waals surface area (Å²) in [6.45, 7) is 6.49. The highest BCUT2D eigenvalue weighted by atomic mass is 35.5. The average Bonchev–Trinajstić information content (AvgIpc) is 2.68. The molecule has 0 aliphatic rings. The Morgan fingerprint density at radius 3 is 2.45 bits per heavy atom. The highest BCUT2D eigenvalue weighted by Crippen LogP contribution is 2.35. The fourth-order valence-corrected chi connectivity index (χ4v) is 4.76. The number of rotatable bonds is 5. The van der Waals surface area contributed by atoms with Crippen LogP contribution in [0.4, 0.5) is 5.82 Å². The number of halogens is 1. The van der Waals surface area contributed by atoms with E-state index < -0.39 is 9.84 Å². The van der Waals surface area contributed by atoms with Gasteiger partial charge >= 0.3 is 0 Å². The van der Waals surface area contributed by atoms with Crippen molar-refractivity contribution in [3.05, 3.63) is 40.5 Å². The molecule has 1 aromatic carbocycles. The first-order valence-electron chi connectivity index (χ1n) is 7.27. The van der Waals surface area contributed by atoms with E-state index in [1.807, 2.05) is 11.5 Å². The van der Waals surface area contributed by atoms with Gasteiger partial charge in [0.15, 0.2) is 0 Å². The summed E-state index contributed by atoms with van der Waals surface area (Å²) < 4.78 is 27.8. The molecule has 2 rings (SSSR count). The van der Waals surface area contributed by atoms with Crippen molar-refractivity contribution in [1.82, 2.24) is 4.57 Å². The maximum absolute atomic E-state index is 13.0. The topological polar surface area (TPSA) is 65.1 Å². The van der Waals surface area contributed by atoms with E-state index in [1.54, 1.807) is 25.1 Å². The number of nitrogens with two attached hydrogens (primary N) is 1. The molecule has 0 radical (unpaired) electrons. The minimum Gasteiger partial charge on any atom is -0.384 e. The second-order valence-corrected chi connectivity index (χ2v) is 7.63. The zero-order valence-electron chi connectivity index (χ0n) is 13.1. The van der Waals surface area contributed by atoms with E-state index in [0.29, 0.717) is 17.9 Å². The molecular weight excluding hydrogens is 320 g/mol. The summed E-state index contributed by atoms with van der Waals surface area (Å²) in [5.74, 6) is 0.295. The summed E-state index contributed by atoms with van der Waals surface area (Å²) in [4.78, 5) is 0.272. The maximum Gasteiger partial charge on any atom is 0.211 e. The Hall–Kier alpha value is -1.46. The summed E-state index contributed by atoms with van der Waals surface area (Å²) in [6, 6.07) is 6.44. The number of hydrogen-bond donors (Lipinski definition) is 1. The second kappa shape index (κ2) is 6.34. The predicted octanol–water partition coefficient (Wildman–Crippen LogP) is 3.97. The molecule has 120 valence electrons. The summed E-state index contributed by atoms with van der Waals surface area (Å²) in [6.07, 6.45) is 1.97. The molecule has 0 bridgehead atoms. The monoisotopic (exact) mass is 340 g/mol. The lowest BCUT2D eigenvalue weighted by atomic mass is 10.3. The summed E-state index contributed by atoms with van der Waals surface area (Å²) >= 11 is 6.07. The van der Waals surface area contributed by atoms with Crippen LogP contribution in [0.5, 0.6) is 0 Å². The van der Waals surface area contributed by atoms with Gasteiger partial charge in [0.25, 0.3) is 0 Å². The molecule has 0 aliphatic carbocycles. The Kier molecular flexibility index (Phi) is 4.87. The third kappa shape index (κ3) is 2.75. The van der Waals surface area contributed by atoms with Gasteiger partial charge in [-0.1, -0.05) is 37.1 Å². The van der Waals surface area contributed by atoms with Crippen LogP contribution in [0.1, 0.15) is 31.0 Å². The van der Waals surface area contributed by atoms with E-state index in [1.165, 1.54) is 6.07 Å². The Balaban J connectivity index is 2.65. The van der Waals surface area contributed by atoms with Crippen LogP contribution < -0.4 is 5.73 Å². The predicted molar refractivity (Wildman–Crippen MR) is 90.1 cm³/mol. The summed E-state index contributed by atoms with van der Waals surface area (Å²) in [5.41, 5.74) is 7.73. The molecule has 0 aliphatic heterocycles. The molecule has 2 aromatic rings. The van der Waals surface area contributed by atoms with Crippen molar-refractivity contribution >= 4 is 27.3 Å². The van der Waals surface area contributed by atoms with E-state index in [0.717, 1.165) is 18.5 Å². The van der Waals surface area contributed by atoms with Crippen LogP contribution in [-0.4, -0.2) is 13.0 Å². The van der Waals surface area contributed by atoms with Crippen LogP contribution in [0, 0.1) is 13.8 Å². The standard InChI is InChI=1S/C16H21ClN2O2S/c1-4-5-10-19-12(3)11(2)15(16(19)18)22(20,21)14-9-7-6-8-13(14)17/h6-9H,4-5,10,18H2,1-3H3. The molecule has 0 unspecified atom stereocenters. The van der Waals surface area contributed by atoms with Crippen molar-refractivity contribution in [2.45, 2.75) is 49.9 Å².